The van der Waals surface area contributed by atoms with Crippen LogP contribution in [0.2, 0.25) is 0 Å². The molecule has 368 valence electrons. The normalized spacial score (nSPS) is 14.4. The number of esters is 1. The summed E-state index contributed by atoms with van der Waals surface area (Å²) >= 11 is 0. The summed E-state index contributed by atoms with van der Waals surface area (Å²) in [6, 6.07) is 0. The Hall–Kier alpha value is -2.58. The Balaban J connectivity index is 4.20. The minimum Gasteiger partial charge on any atom is -0.756 e. The second-order valence-electron chi connectivity index (χ2n) is 17.8. The number of carbonyl (C=O) groups is 1. The van der Waals surface area contributed by atoms with E-state index >= 15 is 0 Å². The van der Waals surface area contributed by atoms with E-state index in [4.69, 9.17) is 18.5 Å². The molecule has 2 atom stereocenters. The van der Waals surface area contributed by atoms with Crippen LogP contribution in [-0.4, -0.2) is 70.7 Å². The van der Waals surface area contributed by atoms with E-state index in [-0.39, 0.29) is 32.2 Å². The summed E-state index contributed by atoms with van der Waals surface area (Å²) in [5, 5.41) is 0. The van der Waals surface area contributed by atoms with Gasteiger partial charge in [-0.2, -0.15) is 0 Å². The van der Waals surface area contributed by atoms with E-state index in [2.05, 4.69) is 111 Å². The van der Waals surface area contributed by atoms with Crippen molar-refractivity contribution in [2.24, 2.45) is 0 Å². The van der Waals surface area contributed by atoms with Crippen LogP contribution in [0.1, 0.15) is 187 Å². The van der Waals surface area contributed by atoms with Gasteiger partial charge in [0.15, 0.2) is 0 Å². The zero-order valence-electron chi connectivity index (χ0n) is 41.7. The Morgan fingerprint density at radius 1 is 0.500 bits per heavy atom. The molecule has 0 aromatic rings. The third kappa shape index (κ3) is 50.4. The molecule has 0 saturated carbocycles. The maximum absolute atomic E-state index is 12.7. The van der Waals surface area contributed by atoms with Gasteiger partial charge in [-0.15, -0.1) is 0 Å². The van der Waals surface area contributed by atoms with E-state index in [9.17, 15) is 14.3 Å². The molecule has 0 heterocycles. The van der Waals surface area contributed by atoms with Gasteiger partial charge in [0.25, 0.3) is 7.82 Å². The molecule has 0 aromatic carbocycles. The molecule has 0 N–H and O–H groups in total. The number of unbranched alkanes of at least 4 members (excludes halogenated alkanes) is 16. The van der Waals surface area contributed by atoms with Crippen molar-refractivity contribution < 1.29 is 37.3 Å². The smallest absolute Gasteiger partial charge is 0.306 e. The lowest BCUT2D eigenvalue weighted by molar-refractivity contribution is -0.870. The molecular weight excluding hydrogens is 818 g/mol. The highest BCUT2D eigenvalue weighted by Gasteiger charge is 2.20. The van der Waals surface area contributed by atoms with E-state index in [0.717, 1.165) is 109 Å². The van der Waals surface area contributed by atoms with Gasteiger partial charge in [-0.05, 0) is 96.3 Å². The number of nitrogens with zero attached hydrogens (tertiary/aromatic N) is 1. The Bertz CT molecular complexity index is 1340. The maximum Gasteiger partial charge on any atom is 0.306 e. The Kier molecular flexibility index (Phi) is 45.0. The average Bonchev–Trinajstić information content (AvgIpc) is 3.25. The Morgan fingerprint density at radius 2 is 0.906 bits per heavy atom. The van der Waals surface area contributed by atoms with Crippen LogP contribution in [0.3, 0.4) is 0 Å². The molecule has 0 amide bonds. The molecule has 9 heteroatoms. The fourth-order valence-electron chi connectivity index (χ4n) is 6.46. The average molecular weight is 914 g/mol. The van der Waals surface area contributed by atoms with Gasteiger partial charge < -0.3 is 27.9 Å². The molecule has 0 aromatic heterocycles. The van der Waals surface area contributed by atoms with Crippen molar-refractivity contribution in [3.8, 4) is 0 Å². The van der Waals surface area contributed by atoms with Gasteiger partial charge in [0.2, 0.25) is 0 Å². The first-order valence-corrected chi connectivity index (χ1v) is 26.9. The van der Waals surface area contributed by atoms with E-state index in [1.54, 1.807) is 0 Å². The van der Waals surface area contributed by atoms with E-state index in [1.165, 1.54) is 57.8 Å². The van der Waals surface area contributed by atoms with Crippen molar-refractivity contribution in [3.05, 3.63) is 97.2 Å². The summed E-state index contributed by atoms with van der Waals surface area (Å²) in [7, 11) is 1.32. The van der Waals surface area contributed by atoms with Gasteiger partial charge in [0.1, 0.15) is 19.3 Å². The molecule has 0 aliphatic carbocycles. The lowest BCUT2D eigenvalue weighted by atomic mass is 10.1. The molecule has 0 fully saturated rings. The van der Waals surface area contributed by atoms with E-state index in [0.29, 0.717) is 17.6 Å². The third-order valence-corrected chi connectivity index (χ3v) is 11.3. The van der Waals surface area contributed by atoms with Crippen molar-refractivity contribution in [1.82, 2.24) is 0 Å². The molecule has 2 unspecified atom stereocenters. The highest BCUT2D eigenvalue weighted by atomic mass is 31.2. The molecule has 0 aliphatic rings. The topological polar surface area (TPSA) is 94.1 Å². The van der Waals surface area contributed by atoms with Crippen LogP contribution in [0.4, 0.5) is 0 Å². The minimum absolute atomic E-state index is 0.0155. The largest absolute Gasteiger partial charge is 0.756 e. The number of ether oxygens (including phenoxy) is 2. The monoisotopic (exact) mass is 914 g/mol. The van der Waals surface area contributed by atoms with Crippen LogP contribution in [0.25, 0.3) is 0 Å². The number of phosphoric acid groups is 1. The van der Waals surface area contributed by atoms with Crippen molar-refractivity contribution in [2.45, 2.75) is 193 Å². The van der Waals surface area contributed by atoms with Crippen LogP contribution in [0.5, 0.6) is 0 Å². The molecule has 0 radical (unpaired) electrons. The summed E-state index contributed by atoms with van der Waals surface area (Å²) in [6.45, 7) is 5.22. The predicted octanol–water partition coefficient (Wildman–Crippen LogP) is 15.1. The molecule has 0 bridgehead atoms. The molecule has 64 heavy (non-hydrogen) atoms. The number of likely N-dealkylation sites (N-methyl/N-ethyl adjacent to an activating group) is 1. The maximum atomic E-state index is 12.7. The van der Waals surface area contributed by atoms with Crippen molar-refractivity contribution in [2.75, 3.05) is 54.1 Å². The third-order valence-electron chi connectivity index (χ3n) is 10.4. The number of allylic oxidation sites excluding steroid dienone is 16. The number of carbonyl (C=O) groups excluding carboxylic acids is 1. The summed E-state index contributed by atoms with van der Waals surface area (Å²) in [5.41, 5.74) is 0. The van der Waals surface area contributed by atoms with E-state index in [1.807, 2.05) is 21.1 Å². The Labute approximate surface area is 394 Å². The molecule has 0 spiro atoms. The summed E-state index contributed by atoms with van der Waals surface area (Å²) < 4.78 is 34.7. The fourth-order valence-corrected chi connectivity index (χ4v) is 7.19. The van der Waals surface area contributed by atoms with Crippen LogP contribution < -0.4 is 4.89 Å². The van der Waals surface area contributed by atoms with E-state index < -0.39 is 13.9 Å². The van der Waals surface area contributed by atoms with Crippen LogP contribution >= 0.6 is 7.82 Å². The minimum atomic E-state index is -4.54. The first kappa shape index (κ1) is 61.4. The predicted molar refractivity (Wildman–Crippen MR) is 272 cm³/mol. The lowest BCUT2D eigenvalue weighted by Gasteiger charge is -2.28. The highest BCUT2D eigenvalue weighted by molar-refractivity contribution is 7.45. The first-order chi connectivity index (χ1) is 31.1. The SMILES string of the molecule is CC/C=C\C/C=C\C/C=C\C/C=C\C/C=C\C/C=C\CCCCCCCCCOCC(COP(=O)([O-])OCC[N+](C)(C)C)OC(=O)CCCCCCC/C=C\C/C=C\CCCCCC. The van der Waals surface area contributed by atoms with Crippen LogP contribution in [-0.2, 0) is 27.9 Å². The zero-order valence-corrected chi connectivity index (χ0v) is 42.6. The van der Waals surface area contributed by atoms with Gasteiger partial charge >= 0.3 is 5.97 Å². The highest BCUT2D eigenvalue weighted by Crippen LogP contribution is 2.38. The number of phosphoric ester groups is 1. The molecule has 0 aliphatic heterocycles. The zero-order chi connectivity index (χ0) is 46.9. The lowest BCUT2D eigenvalue weighted by Crippen LogP contribution is -2.37. The number of hydrogen-bond acceptors (Lipinski definition) is 7. The van der Waals surface area contributed by atoms with Crippen LogP contribution in [0.15, 0.2) is 97.2 Å². The molecular formula is C55H96NO7P. The van der Waals surface area contributed by atoms with Gasteiger partial charge in [-0.3, -0.25) is 9.36 Å². The fraction of sp³-hybridized carbons (Fsp3) is 0.691. The van der Waals surface area contributed by atoms with Gasteiger partial charge in [-0.25, -0.2) is 0 Å². The quantitative estimate of drug-likeness (QED) is 0.0197. The Morgan fingerprint density at radius 3 is 1.36 bits per heavy atom. The molecule has 0 rings (SSSR count). The summed E-state index contributed by atoms with van der Waals surface area (Å²) in [6.07, 6.45) is 64.3. The molecule has 8 nitrogen and oxygen atoms in total. The van der Waals surface area contributed by atoms with Gasteiger partial charge in [0.05, 0.1) is 34.4 Å². The van der Waals surface area contributed by atoms with Crippen molar-refractivity contribution >= 4 is 13.8 Å². The van der Waals surface area contributed by atoms with Crippen molar-refractivity contribution in [3.63, 3.8) is 0 Å². The van der Waals surface area contributed by atoms with Gasteiger partial charge in [0, 0.05) is 13.0 Å². The summed E-state index contributed by atoms with van der Waals surface area (Å²) in [4.78, 5) is 25.1. The van der Waals surface area contributed by atoms with Gasteiger partial charge in [-0.1, -0.05) is 182 Å². The van der Waals surface area contributed by atoms with Crippen molar-refractivity contribution in [1.29, 1.82) is 0 Å². The number of quaternary nitrogens is 1. The molecule has 0 saturated heterocycles. The summed E-state index contributed by atoms with van der Waals surface area (Å²) in [5.74, 6) is -0.356. The number of rotatable bonds is 46. The first-order valence-electron chi connectivity index (χ1n) is 25.5. The second-order valence-corrected chi connectivity index (χ2v) is 19.2. The number of hydrogen-bond donors (Lipinski definition) is 0. The standard InChI is InChI=1S/C55H96NO7P/c1-6-8-10-12-14-16-18-20-22-24-25-26-27-28-29-30-31-32-33-35-37-39-41-43-45-47-50-60-52-54(53-62-64(58,59)61-51-49-56(3,4)5)63-55(57)48-46-44-42-40-38-36-34-23-21-19-17-15-13-11-9-7-2/h8,10,14,16-17,19-20,22-23,25-26,28-29,31-32,34,54H,6-7,9,11-13,15,18,21,24,27,30,33,35-53H2,1-5H3/b10-8-,16-14-,19-17-,22-20-,26-25-,29-28-,32-31-,34-23-. The second kappa shape index (κ2) is 46.9. The van der Waals surface area contributed by atoms with Crippen LogP contribution in [0, 0.1) is 0 Å².